The Labute approximate surface area is 172 Å². The number of benzene rings is 2. The molecule has 4 rings (SSSR count). The number of aromatic hydroxyl groups is 1. The van der Waals surface area contributed by atoms with Gasteiger partial charge in [0.05, 0.1) is 33.7 Å². The van der Waals surface area contributed by atoms with Crippen LogP contribution in [-0.2, 0) is 12.4 Å². The van der Waals surface area contributed by atoms with Crippen LogP contribution in [0.2, 0.25) is 0 Å². The lowest BCUT2D eigenvalue weighted by Gasteiger charge is -2.13. The van der Waals surface area contributed by atoms with Gasteiger partial charge in [0.25, 0.3) is 5.91 Å². The molecule has 0 unspecified atom stereocenters. The van der Waals surface area contributed by atoms with Crippen molar-refractivity contribution in [3.05, 3.63) is 75.8 Å². The van der Waals surface area contributed by atoms with E-state index in [2.05, 4.69) is 4.99 Å². The largest absolute Gasteiger partial charge is 0.494 e. The van der Waals surface area contributed by atoms with Crippen LogP contribution in [0.4, 0.5) is 35.1 Å². The van der Waals surface area contributed by atoms with Gasteiger partial charge in [-0.15, -0.1) is 0 Å². The van der Waals surface area contributed by atoms with Gasteiger partial charge in [-0.05, 0) is 24.3 Å². The summed E-state index contributed by atoms with van der Waals surface area (Å²) in [6.07, 6.45) is -10.2. The summed E-state index contributed by atoms with van der Waals surface area (Å²) in [6.45, 7) is 0. The molecule has 0 saturated carbocycles. The first-order valence-electron chi connectivity index (χ1n) is 8.62. The average molecular weight is 460 g/mol. The third-order valence-electron chi connectivity index (χ3n) is 4.77. The summed E-state index contributed by atoms with van der Waals surface area (Å²) in [7, 11) is 0. The molecule has 1 aliphatic heterocycles. The Morgan fingerprint density at radius 1 is 0.750 bits per heavy atom. The van der Waals surface area contributed by atoms with Crippen molar-refractivity contribution < 1.29 is 45.0 Å². The molecule has 166 valence electrons. The van der Waals surface area contributed by atoms with Crippen molar-refractivity contribution in [2.75, 3.05) is 0 Å². The number of halogens is 8. The summed E-state index contributed by atoms with van der Waals surface area (Å²) in [5.41, 5.74) is -8.74. The van der Waals surface area contributed by atoms with Gasteiger partial charge >= 0.3 is 12.4 Å². The highest BCUT2D eigenvalue weighted by Crippen LogP contribution is 2.45. The predicted octanol–water partition coefficient (Wildman–Crippen LogP) is 5.69. The van der Waals surface area contributed by atoms with E-state index in [0.29, 0.717) is 24.3 Å². The van der Waals surface area contributed by atoms with E-state index in [1.807, 2.05) is 4.98 Å². The summed E-state index contributed by atoms with van der Waals surface area (Å²) >= 11 is 0. The molecular weight excluding hydrogens is 452 g/mol. The highest BCUT2D eigenvalue weighted by atomic mass is 19.4. The van der Waals surface area contributed by atoms with Crippen LogP contribution < -0.4 is 0 Å². The minimum absolute atomic E-state index is 0.507. The molecule has 0 saturated heterocycles. The first kappa shape index (κ1) is 21.5. The third kappa shape index (κ3) is 3.22. The quantitative estimate of drug-likeness (QED) is 0.483. The molecule has 1 aromatic heterocycles. The number of carbonyl (C=O) groups is 1. The Morgan fingerprint density at radius 2 is 1.25 bits per heavy atom. The SMILES string of the molecule is O=C1N=C(c2c(F)cccc2C(F)(F)F)c2c(O)[nH]c(-c3c(F)cccc3C(F)(F)F)c21. The summed E-state index contributed by atoms with van der Waals surface area (Å²) in [4.78, 5) is 17.8. The van der Waals surface area contributed by atoms with Crippen molar-refractivity contribution in [1.82, 2.24) is 4.98 Å². The molecule has 4 nitrogen and oxygen atoms in total. The van der Waals surface area contributed by atoms with E-state index >= 15 is 0 Å². The van der Waals surface area contributed by atoms with E-state index in [1.165, 1.54) is 0 Å². The van der Waals surface area contributed by atoms with Crippen molar-refractivity contribution >= 4 is 11.6 Å². The van der Waals surface area contributed by atoms with Crippen molar-refractivity contribution in [3.8, 4) is 17.1 Å². The number of carbonyl (C=O) groups excluding carboxylic acids is 1. The topological polar surface area (TPSA) is 65.4 Å². The maximum atomic E-state index is 14.4. The van der Waals surface area contributed by atoms with Gasteiger partial charge in [-0.25, -0.2) is 13.8 Å². The molecule has 1 aliphatic rings. The normalized spacial score (nSPS) is 14.0. The molecule has 2 aromatic carbocycles. The molecule has 0 fully saturated rings. The number of hydrogen-bond acceptors (Lipinski definition) is 2. The number of alkyl halides is 6. The molecule has 3 aromatic rings. The number of fused-ring (bicyclic) bond motifs is 1. The molecule has 0 aliphatic carbocycles. The van der Waals surface area contributed by atoms with Crippen LogP contribution in [0.1, 0.15) is 32.6 Å². The number of H-pyrrole nitrogens is 1. The molecular formula is C20H8F8N2O2. The van der Waals surface area contributed by atoms with Crippen molar-refractivity contribution in [2.45, 2.75) is 12.4 Å². The molecule has 0 bridgehead atoms. The van der Waals surface area contributed by atoms with Crippen molar-refractivity contribution in [3.63, 3.8) is 0 Å². The van der Waals surface area contributed by atoms with Gasteiger partial charge in [0, 0.05) is 11.1 Å². The number of rotatable bonds is 2. The average Bonchev–Trinajstić information content (AvgIpc) is 3.18. The van der Waals surface area contributed by atoms with Crippen LogP contribution in [0.15, 0.2) is 41.4 Å². The molecule has 0 atom stereocenters. The molecule has 32 heavy (non-hydrogen) atoms. The minimum atomic E-state index is -5.09. The lowest BCUT2D eigenvalue weighted by molar-refractivity contribution is -0.138. The maximum absolute atomic E-state index is 14.4. The van der Waals surface area contributed by atoms with E-state index in [1.54, 1.807) is 0 Å². The number of aromatic amines is 1. The Bertz CT molecular complexity index is 1300. The monoisotopic (exact) mass is 460 g/mol. The Kier molecular flexibility index (Phi) is 4.64. The fourth-order valence-electron chi connectivity index (χ4n) is 3.53. The standard InChI is InChI=1S/C20H8F8N2O2/c21-9-5-1-3-7(19(23,24)25)11(9)15-13-14(18(32)29-15)16(30-17(13)31)12-8(20(26,27)28)4-2-6-10(12)22/h1-6,29,32H. The molecule has 0 spiro atoms. The van der Waals surface area contributed by atoms with Gasteiger partial charge in [0.15, 0.2) is 5.88 Å². The summed E-state index contributed by atoms with van der Waals surface area (Å²) in [6, 6.07) is 3.86. The highest BCUT2D eigenvalue weighted by Gasteiger charge is 2.43. The van der Waals surface area contributed by atoms with E-state index in [4.69, 9.17) is 0 Å². The Balaban J connectivity index is 2.01. The number of aliphatic imine (C=N–C) groups is 1. The van der Waals surface area contributed by atoms with Crippen molar-refractivity contribution in [2.24, 2.45) is 4.99 Å². The number of amides is 1. The van der Waals surface area contributed by atoms with Gasteiger partial charge in [-0.2, -0.15) is 26.3 Å². The molecule has 0 radical (unpaired) electrons. The maximum Gasteiger partial charge on any atom is 0.417 e. The van der Waals surface area contributed by atoms with E-state index in [9.17, 15) is 45.0 Å². The summed E-state index contributed by atoms with van der Waals surface area (Å²) < 4.78 is 109. The van der Waals surface area contributed by atoms with Crippen LogP contribution in [-0.4, -0.2) is 21.7 Å². The summed E-state index contributed by atoms with van der Waals surface area (Å²) in [5.74, 6) is -5.32. The lowest BCUT2D eigenvalue weighted by atomic mass is 9.94. The second-order valence-corrected chi connectivity index (χ2v) is 6.68. The van der Waals surface area contributed by atoms with Crippen LogP contribution in [0, 0.1) is 11.6 Å². The van der Waals surface area contributed by atoms with Crippen LogP contribution >= 0.6 is 0 Å². The zero-order chi connectivity index (χ0) is 23.6. The Hall–Kier alpha value is -3.70. The number of aromatic nitrogens is 1. The lowest BCUT2D eigenvalue weighted by Crippen LogP contribution is -2.15. The minimum Gasteiger partial charge on any atom is -0.494 e. The van der Waals surface area contributed by atoms with Crippen LogP contribution in [0.3, 0.4) is 0 Å². The van der Waals surface area contributed by atoms with Gasteiger partial charge in [-0.1, -0.05) is 12.1 Å². The third-order valence-corrected chi connectivity index (χ3v) is 4.77. The van der Waals surface area contributed by atoms with E-state index in [0.717, 1.165) is 12.1 Å². The van der Waals surface area contributed by atoms with Gasteiger partial charge in [0.2, 0.25) is 0 Å². The predicted molar refractivity (Wildman–Crippen MR) is 94.2 cm³/mol. The van der Waals surface area contributed by atoms with E-state index in [-0.39, 0.29) is 0 Å². The molecule has 2 heterocycles. The Morgan fingerprint density at radius 3 is 1.78 bits per heavy atom. The second-order valence-electron chi connectivity index (χ2n) is 6.68. The zero-order valence-corrected chi connectivity index (χ0v) is 15.3. The van der Waals surface area contributed by atoms with Gasteiger partial charge < -0.3 is 10.1 Å². The highest BCUT2D eigenvalue weighted by molar-refractivity contribution is 6.31. The van der Waals surface area contributed by atoms with E-state index < -0.39 is 80.6 Å². The summed E-state index contributed by atoms with van der Waals surface area (Å²) in [5, 5.41) is 10.2. The van der Waals surface area contributed by atoms with Crippen molar-refractivity contribution in [1.29, 1.82) is 0 Å². The first-order valence-corrected chi connectivity index (χ1v) is 8.62. The van der Waals surface area contributed by atoms with Crippen LogP contribution in [0.5, 0.6) is 5.88 Å². The zero-order valence-electron chi connectivity index (χ0n) is 15.3. The second kappa shape index (κ2) is 6.90. The van der Waals surface area contributed by atoms with Gasteiger partial charge in [-0.3, -0.25) is 4.79 Å². The smallest absolute Gasteiger partial charge is 0.417 e. The van der Waals surface area contributed by atoms with Gasteiger partial charge in [0.1, 0.15) is 11.6 Å². The first-order chi connectivity index (χ1) is 14.8. The number of nitrogens with one attached hydrogen (secondary N) is 1. The molecule has 12 heteroatoms. The fourth-order valence-corrected chi connectivity index (χ4v) is 3.53. The number of nitrogens with zero attached hydrogens (tertiary/aromatic N) is 1. The number of hydrogen-bond donors (Lipinski definition) is 2. The fraction of sp³-hybridized carbons (Fsp3) is 0.100. The molecule has 1 amide bonds. The van der Waals surface area contributed by atoms with Crippen LogP contribution in [0.25, 0.3) is 11.3 Å². The molecule has 2 N–H and O–H groups in total.